The van der Waals surface area contributed by atoms with Crippen molar-refractivity contribution in [2.45, 2.75) is 0 Å². The average molecular weight is 336 g/mol. The molecule has 5 heteroatoms. The van der Waals surface area contributed by atoms with Crippen LogP contribution in [-0.4, -0.2) is 9.97 Å². The Bertz CT molecular complexity index is 1090. The Hall–Kier alpha value is -2.50. The Morgan fingerprint density at radius 1 is 0.739 bits per heavy atom. The van der Waals surface area contributed by atoms with E-state index in [9.17, 15) is 0 Å². The molecule has 0 amide bonds. The average Bonchev–Trinajstić information content (AvgIpc) is 2.96. The molecule has 2 aromatic carbocycles. The van der Waals surface area contributed by atoms with Crippen molar-refractivity contribution >= 4 is 35.5 Å². The van der Waals surface area contributed by atoms with E-state index in [0.29, 0.717) is 15.1 Å². The molecule has 0 bridgehead atoms. The molecule has 0 saturated carbocycles. The van der Waals surface area contributed by atoms with Crippen LogP contribution < -0.4 is 0 Å². The zero-order valence-corrected chi connectivity index (χ0v) is 13.6. The highest BCUT2D eigenvalue weighted by atomic mass is 32.1. The van der Waals surface area contributed by atoms with Crippen LogP contribution in [-0.2, 0) is 0 Å². The molecule has 2 N–H and O–H groups in total. The number of fused-ring (bicyclic) bond motifs is 1. The van der Waals surface area contributed by atoms with Crippen LogP contribution in [0.5, 0.6) is 0 Å². The van der Waals surface area contributed by atoms with E-state index in [0.717, 1.165) is 27.8 Å². The first-order valence-electron chi connectivity index (χ1n) is 7.14. The summed E-state index contributed by atoms with van der Waals surface area (Å²) in [6, 6.07) is 20.1. The fraction of sp³-hybridized carbons (Fsp3) is 0. The lowest BCUT2D eigenvalue weighted by Crippen LogP contribution is -1.85. The van der Waals surface area contributed by atoms with Gasteiger partial charge in [-0.2, -0.15) is 0 Å². The van der Waals surface area contributed by atoms with Crippen molar-refractivity contribution in [3.8, 4) is 22.5 Å². The van der Waals surface area contributed by atoms with Crippen molar-refractivity contribution in [3.05, 3.63) is 70.1 Å². The molecule has 0 saturated heterocycles. The minimum absolute atomic E-state index is 0.454. The van der Waals surface area contributed by atoms with Crippen molar-refractivity contribution in [2.24, 2.45) is 0 Å². The van der Waals surface area contributed by atoms with E-state index in [1.54, 1.807) is 0 Å². The monoisotopic (exact) mass is 336 g/mol. The van der Waals surface area contributed by atoms with Gasteiger partial charge in [-0.1, -0.05) is 72.9 Å². The highest BCUT2D eigenvalue weighted by molar-refractivity contribution is 7.72. The van der Waals surface area contributed by atoms with Crippen LogP contribution in [0.3, 0.4) is 0 Å². The molecule has 4 aromatic rings. The van der Waals surface area contributed by atoms with Gasteiger partial charge in [0, 0.05) is 11.1 Å². The molecule has 112 valence electrons. The van der Waals surface area contributed by atoms with Crippen LogP contribution >= 0.6 is 24.4 Å². The Labute approximate surface area is 142 Å². The Morgan fingerprint density at radius 3 is 2.00 bits per heavy atom. The van der Waals surface area contributed by atoms with Crippen molar-refractivity contribution in [3.63, 3.8) is 0 Å². The van der Waals surface area contributed by atoms with Gasteiger partial charge in [-0.25, -0.2) is 0 Å². The molecule has 0 fully saturated rings. The molecule has 4 rings (SSSR count). The quantitative estimate of drug-likeness (QED) is 0.449. The van der Waals surface area contributed by atoms with Crippen LogP contribution in [0.2, 0.25) is 0 Å². The number of aromatic amines is 2. The first-order chi connectivity index (χ1) is 11.2. The molecular formula is C18H12N2OS2. The fourth-order valence-corrected chi connectivity index (χ4v) is 3.27. The van der Waals surface area contributed by atoms with Crippen molar-refractivity contribution in [1.82, 2.24) is 9.97 Å². The topological polar surface area (TPSA) is 44.7 Å². The third-order valence-electron chi connectivity index (χ3n) is 3.69. The van der Waals surface area contributed by atoms with Gasteiger partial charge in [0.25, 0.3) is 0 Å². The summed E-state index contributed by atoms with van der Waals surface area (Å²) in [5, 5.41) is 0.846. The second-order valence-corrected chi connectivity index (χ2v) is 5.97. The minimum Gasteiger partial charge on any atom is -0.439 e. The van der Waals surface area contributed by atoms with E-state index in [2.05, 4.69) is 9.97 Å². The molecular weight excluding hydrogens is 324 g/mol. The van der Waals surface area contributed by atoms with Crippen LogP contribution in [0.4, 0.5) is 0 Å². The number of aromatic nitrogens is 2. The lowest BCUT2D eigenvalue weighted by Gasteiger charge is -2.03. The van der Waals surface area contributed by atoms with Gasteiger partial charge >= 0.3 is 0 Å². The maximum Gasteiger partial charge on any atom is 0.210 e. The molecule has 2 aromatic heterocycles. The highest BCUT2D eigenvalue weighted by Crippen LogP contribution is 2.40. The summed E-state index contributed by atoms with van der Waals surface area (Å²) >= 11 is 10.7. The molecule has 0 aliphatic rings. The predicted octanol–water partition coefficient (Wildman–Crippen LogP) is 5.88. The van der Waals surface area contributed by atoms with Gasteiger partial charge < -0.3 is 14.4 Å². The lowest BCUT2D eigenvalue weighted by atomic mass is 10.00. The summed E-state index contributed by atoms with van der Waals surface area (Å²) in [6.45, 7) is 0. The highest BCUT2D eigenvalue weighted by Gasteiger charge is 2.19. The van der Waals surface area contributed by atoms with Crippen molar-refractivity contribution in [2.75, 3.05) is 0 Å². The second kappa shape index (κ2) is 5.61. The molecule has 0 aliphatic heterocycles. The SMILES string of the molecule is S=c1[nH]c(=S)c2c(-c3ccccc3)c(-c3ccccc3)oc2[nH]1. The summed E-state index contributed by atoms with van der Waals surface area (Å²) in [5.74, 6) is 0.781. The van der Waals surface area contributed by atoms with E-state index < -0.39 is 0 Å². The van der Waals surface area contributed by atoms with Crippen molar-refractivity contribution in [1.29, 1.82) is 0 Å². The third kappa shape index (κ3) is 2.44. The number of furan rings is 1. The second-order valence-electron chi connectivity index (χ2n) is 5.15. The van der Waals surface area contributed by atoms with Gasteiger partial charge in [0.1, 0.15) is 10.4 Å². The summed E-state index contributed by atoms with van der Waals surface area (Å²) in [6.07, 6.45) is 0. The van der Waals surface area contributed by atoms with E-state index >= 15 is 0 Å². The first kappa shape index (κ1) is 14.1. The van der Waals surface area contributed by atoms with Gasteiger partial charge in [-0.15, -0.1) is 0 Å². The van der Waals surface area contributed by atoms with Gasteiger partial charge in [-0.05, 0) is 17.8 Å². The summed E-state index contributed by atoms with van der Waals surface area (Å²) in [4.78, 5) is 6.06. The van der Waals surface area contributed by atoms with E-state index in [1.165, 1.54) is 0 Å². The number of hydrogen-bond acceptors (Lipinski definition) is 3. The zero-order chi connectivity index (χ0) is 15.8. The first-order valence-corrected chi connectivity index (χ1v) is 7.95. The maximum absolute atomic E-state index is 6.09. The minimum atomic E-state index is 0.454. The Kier molecular flexibility index (Phi) is 3.44. The predicted molar refractivity (Wildman–Crippen MR) is 97.5 cm³/mol. The largest absolute Gasteiger partial charge is 0.439 e. The molecule has 0 radical (unpaired) electrons. The standard InChI is InChI=1S/C18H12N2OS2/c22-17-14-13(11-7-3-1-4-8-11)15(12-9-5-2-6-10-12)21-16(14)19-18(23)20-17/h1-10H,(H2,19,20,22,23). The molecule has 3 nitrogen and oxygen atoms in total. The van der Waals surface area contributed by atoms with Gasteiger partial charge in [0.15, 0.2) is 4.77 Å². The van der Waals surface area contributed by atoms with E-state index in [1.807, 2.05) is 60.7 Å². The van der Waals surface area contributed by atoms with Crippen LogP contribution in [0, 0.1) is 9.41 Å². The molecule has 2 heterocycles. The molecule has 23 heavy (non-hydrogen) atoms. The molecule has 0 unspecified atom stereocenters. The van der Waals surface area contributed by atoms with E-state index in [4.69, 9.17) is 28.9 Å². The van der Waals surface area contributed by atoms with Gasteiger partial charge in [0.05, 0.1) is 5.39 Å². The smallest absolute Gasteiger partial charge is 0.210 e. The fourth-order valence-electron chi connectivity index (χ4n) is 2.71. The normalized spacial score (nSPS) is 11.0. The number of hydrogen-bond donors (Lipinski definition) is 2. The number of H-pyrrole nitrogens is 2. The molecule has 0 atom stereocenters. The number of nitrogens with one attached hydrogen (secondary N) is 2. The number of rotatable bonds is 2. The molecule has 0 spiro atoms. The lowest BCUT2D eigenvalue weighted by molar-refractivity contribution is 0.617. The summed E-state index contributed by atoms with van der Waals surface area (Å²) in [7, 11) is 0. The summed E-state index contributed by atoms with van der Waals surface area (Å²) < 4.78 is 7.12. The third-order valence-corrected chi connectivity index (χ3v) is 4.20. The van der Waals surface area contributed by atoms with Crippen LogP contribution in [0.25, 0.3) is 33.6 Å². The van der Waals surface area contributed by atoms with Crippen molar-refractivity contribution < 1.29 is 4.42 Å². The van der Waals surface area contributed by atoms with E-state index in [-0.39, 0.29) is 0 Å². The Morgan fingerprint density at radius 2 is 1.35 bits per heavy atom. The molecule has 0 aliphatic carbocycles. The van der Waals surface area contributed by atoms with Gasteiger partial charge in [0.2, 0.25) is 5.71 Å². The summed E-state index contributed by atoms with van der Waals surface area (Å²) in [5.41, 5.74) is 3.61. The number of benzene rings is 2. The Balaban J connectivity index is 2.16. The zero-order valence-electron chi connectivity index (χ0n) is 12.0. The van der Waals surface area contributed by atoms with Crippen LogP contribution in [0.15, 0.2) is 65.1 Å². The van der Waals surface area contributed by atoms with Gasteiger partial charge in [-0.3, -0.25) is 0 Å². The maximum atomic E-state index is 6.09. The van der Waals surface area contributed by atoms with Crippen LogP contribution in [0.1, 0.15) is 0 Å².